The number of thioether (sulfide) groups is 2. The first-order valence-electron chi connectivity index (χ1n) is 9.13. The first-order chi connectivity index (χ1) is 15.2. The maximum Gasteiger partial charge on any atom is 0.353 e. The number of aromatic nitrogens is 3. The van der Waals surface area contributed by atoms with Crippen molar-refractivity contribution in [1.82, 2.24) is 25.4 Å². The van der Waals surface area contributed by atoms with Crippen molar-refractivity contribution in [3.63, 3.8) is 0 Å². The van der Waals surface area contributed by atoms with Crippen LogP contribution in [0.2, 0.25) is 0 Å². The highest BCUT2D eigenvalue weighted by molar-refractivity contribution is 8.07. The lowest BCUT2D eigenvalue weighted by molar-refractivity contribution is -0.150. The monoisotopic (exact) mass is 512 g/mol. The standard InChI is InChI=1S/C17H16N6O5S4/c1-6(24)18-16-19-8(4-30-16)3-10(25)20-11-13(26)23-12(15(27)28)9(5-29-14(11)23)32-17-22-21-7(2)31-17/h4,11,14H,3,5H2,1-2H3,(H,20,25)(H,27,28)(H,18,19,24)/t11-,14-/m1/s1. The number of nitrogens with zero attached hydrogens (tertiary/aromatic N) is 4. The number of anilines is 1. The van der Waals surface area contributed by atoms with E-state index in [1.807, 2.05) is 0 Å². The summed E-state index contributed by atoms with van der Waals surface area (Å²) >= 11 is 5.12. The van der Waals surface area contributed by atoms with Crippen LogP contribution in [0.25, 0.3) is 0 Å². The third-order valence-electron chi connectivity index (χ3n) is 4.35. The minimum Gasteiger partial charge on any atom is -0.477 e. The summed E-state index contributed by atoms with van der Waals surface area (Å²) < 4.78 is 0.607. The van der Waals surface area contributed by atoms with Crippen LogP contribution in [0, 0.1) is 6.92 Å². The normalized spacial score (nSPS) is 19.9. The molecule has 1 saturated heterocycles. The summed E-state index contributed by atoms with van der Waals surface area (Å²) in [6, 6.07) is -0.814. The van der Waals surface area contributed by atoms with E-state index in [2.05, 4.69) is 25.8 Å². The second-order valence-corrected chi connectivity index (χ2v) is 11.2. The van der Waals surface area contributed by atoms with Gasteiger partial charge in [-0.1, -0.05) is 23.1 Å². The Bertz CT molecular complexity index is 1140. The molecular weight excluding hydrogens is 496 g/mol. The van der Waals surface area contributed by atoms with Crippen LogP contribution < -0.4 is 10.6 Å². The van der Waals surface area contributed by atoms with E-state index in [0.29, 0.717) is 25.8 Å². The minimum absolute atomic E-state index is 0.0591. The summed E-state index contributed by atoms with van der Waals surface area (Å²) in [7, 11) is 0. The van der Waals surface area contributed by atoms with Crippen molar-refractivity contribution in [2.45, 2.75) is 36.0 Å². The lowest BCUT2D eigenvalue weighted by atomic mass is 10.0. The quantitative estimate of drug-likeness (QED) is 0.462. The van der Waals surface area contributed by atoms with E-state index in [9.17, 15) is 24.3 Å². The molecule has 0 bridgehead atoms. The van der Waals surface area contributed by atoms with Crippen molar-refractivity contribution in [2.75, 3.05) is 11.1 Å². The van der Waals surface area contributed by atoms with E-state index in [1.54, 1.807) is 12.3 Å². The summed E-state index contributed by atoms with van der Waals surface area (Å²) in [6.45, 7) is 3.17. The molecule has 3 amide bonds. The van der Waals surface area contributed by atoms with Gasteiger partial charge in [0.25, 0.3) is 5.91 Å². The summed E-state index contributed by atoms with van der Waals surface area (Å²) in [4.78, 5) is 54.0. The van der Waals surface area contributed by atoms with Crippen LogP contribution in [0.15, 0.2) is 20.3 Å². The number of carboxylic acid groups (broad SMARTS) is 1. The van der Waals surface area contributed by atoms with Crippen LogP contribution in [0.4, 0.5) is 5.13 Å². The Morgan fingerprint density at radius 3 is 2.78 bits per heavy atom. The first-order valence-corrected chi connectivity index (χ1v) is 12.7. The average molecular weight is 513 g/mol. The Hall–Kier alpha value is -2.49. The number of aliphatic carboxylic acids is 1. The molecule has 0 radical (unpaired) electrons. The number of aryl methyl sites for hydroxylation is 1. The van der Waals surface area contributed by atoms with Crippen molar-refractivity contribution >= 4 is 75.0 Å². The Labute approximate surface area is 198 Å². The number of β-lactam (4-membered cyclic amide) rings is 1. The fourth-order valence-corrected chi connectivity index (χ4v) is 7.29. The molecule has 2 atom stereocenters. The minimum atomic E-state index is -1.20. The van der Waals surface area contributed by atoms with Gasteiger partial charge in [0, 0.05) is 23.0 Å². The van der Waals surface area contributed by atoms with Crippen LogP contribution in [0.3, 0.4) is 0 Å². The number of carbonyl (C=O) groups excluding carboxylic acids is 3. The van der Waals surface area contributed by atoms with Gasteiger partial charge in [0.05, 0.1) is 12.1 Å². The summed E-state index contributed by atoms with van der Waals surface area (Å²) in [6.07, 6.45) is -0.0591. The van der Waals surface area contributed by atoms with Gasteiger partial charge in [0.1, 0.15) is 22.1 Å². The van der Waals surface area contributed by atoms with Crippen molar-refractivity contribution in [3.05, 3.63) is 26.7 Å². The molecule has 2 aromatic rings. The molecule has 1 fully saturated rings. The van der Waals surface area contributed by atoms with Crippen LogP contribution in [0.1, 0.15) is 17.6 Å². The summed E-state index contributed by atoms with van der Waals surface area (Å²) in [5.41, 5.74) is 0.384. The molecule has 3 N–H and O–H groups in total. The molecule has 4 rings (SSSR count). The molecular formula is C17H16N6O5S4. The Balaban J connectivity index is 1.42. The number of amides is 3. The number of fused-ring (bicyclic) bond motifs is 1. The summed E-state index contributed by atoms with van der Waals surface area (Å²) in [5.74, 6) is -1.97. The molecule has 11 nitrogen and oxygen atoms in total. The molecule has 2 aliphatic rings. The molecule has 0 saturated carbocycles. The zero-order valence-corrected chi connectivity index (χ0v) is 19.9. The van der Waals surface area contributed by atoms with E-state index in [1.165, 1.54) is 58.0 Å². The predicted octanol–water partition coefficient (Wildman–Crippen LogP) is 1.29. The Morgan fingerprint density at radius 2 is 2.12 bits per heavy atom. The number of rotatable bonds is 7. The molecule has 0 aromatic carbocycles. The molecule has 4 heterocycles. The van der Waals surface area contributed by atoms with Crippen LogP contribution >= 0.6 is 46.2 Å². The van der Waals surface area contributed by atoms with E-state index >= 15 is 0 Å². The number of carbonyl (C=O) groups is 4. The van der Waals surface area contributed by atoms with E-state index in [4.69, 9.17) is 0 Å². The van der Waals surface area contributed by atoms with Crippen LogP contribution in [-0.4, -0.2) is 66.0 Å². The van der Waals surface area contributed by atoms with Crippen LogP contribution in [0.5, 0.6) is 0 Å². The van der Waals surface area contributed by atoms with Gasteiger partial charge in [-0.3, -0.25) is 19.3 Å². The number of carboxylic acids is 1. The van der Waals surface area contributed by atoms with Gasteiger partial charge in [-0.2, -0.15) is 0 Å². The van der Waals surface area contributed by atoms with Crippen molar-refractivity contribution in [3.8, 4) is 0 Å². The van der Waals surface area contributed by atoms with Crippen molar-refractivity contribution in [1.29, 1.82) is 0 Å². The Morgan fingerprint density at radius 1 is 1.34 bits per heavy atom. The molecule has 32 heavy (non-hydrogen) atoms. The first kappa shape index (κ1) is 22.7. The largest absolute Gasteiger partial charge is 0.477 e. The number of thiazole rings is 1. The zero-order valence-electron chi connectivity index (χ0n) is 16.6. The van der Waals surface area contributed by atoms with Crippen molar-refractivity contribution < 1.29 is 24.3 Å². The molecule has 2 aliphatic heterocycles. The molecule has 15 heteroatoms. The number of hydrogen-bond donors (Lipinski definition) is 3. The highest BCUT2D eigenvalue weighted by Crippen LogP contribution is 2.45. The third kappa shape index (κ3) is 4.65. The smallest absolute Gasteiger partial charge is 0.353 e. The zero-order chi connectivity index (χ0) is 23.0. The average Bonchev–Trinajstić information content (AvgIpc) is 3.33. The van der Waals surface area contributed by atoms with E-state index in [0.717, 1.165) is 5.01 Å². The molecule has 0 aliphatic carbocycles. The lowest BCUT2D eigenvalue weighted by Gasteiger charge is -2.49. The van der Waals surface area contributed by atoms with Gasteiger partial charge in [-0.15, -0.1) is 33.3 Å². The van der Waals surface area contributed by atoms with Gasteiger partial charge < -0.3 is 15.7 Å². The second kappa shape index (κ2) is 9.17. The van der Waals surface area contributed by atoms with E-state index in [-0.39, 0.29) is 18.0 Å². The fraction of sp³-hybridized carbons (Fsp3) is 0.353. The molecule has 0 spiro atoms. The molecule has 2 aromatic heterocycles. The fourth-order valence-electron chi connectivity index (χ4n) is 3.08. The third-order valence-corrected chi connectivity index (χ3v) is 8.59. The summed E-state index contributed by atoms with van der Waals surface area (Å²) in [5, 5.41) is 25.2. The van der Waals surface area contributed by atoms with Crippen molar-refractivity contribution in [2.24, 2.45) is 0 Å². The lowest BCUT2D eigenvalue weighted by Crippen LogP contribution is -2.70. The van der Waals surface area contributed by atoms with Gasteiger partial charge in [-0.25, -0.2) is 9.78 Å². The van der Waals surface area contributed by atoms with Gasteiger partial charge in [0.2, 0.25) is 11.8 Å². The second-order valence-electron chi connectivity index (χ2n) is 6.72. The van der Waals surface area contributed by atoms with E-state index < -0.39 is 29.2 Å². The molecule has 0 unspecified atom stereocenters. The predicted molar refractivity (Wildman–Crippen MR) is 120 cm³/mol. The topological polar surface area (TPSA) is 154 Å². The number of nitrogens with one attached hydrogen (secondary N) is 2. The maximum atomic E-state index is 12.7. The van der Waals surface area contributed by atoms with Gasteiger partial charge >= 0.3 is 5.97 Å². The van der Waals surface area contributed by atoms with Crippen LogP contribution in [-0.2, 0) is 25.6 Å². The molecule has 168 valence electrons. The van der Waals surface area contributed by atoms with Gasteiger partial charge in [0.15, 0.2) is 9.47 Å². The highest BCUT2D eigenvalue weighted by Gasteiger charge is 2.54. The Kier molecular flexibility index (Phi) is 6.50. The maximum absolute atomic E-state index is 12.7. The highest BCUT2D eigenvalue weighted by atomic mass is 32.2. The number of hydrogen-bond acceptors (Lipinski definition) is 11. The van der Waals surface area contributed by atoms with Gasteiger partial charge in [-0.05, 0) is 6.92 Å². The SMILES string of the molecule is CC(=O)Nc1nc(CC(=O)N[C@@H]2C(=O)N3C(C(=O)O)=C(Sc4nnc(C)s4)CS[C@H]23)cs1.